The summed E-state index contributed by atoms with van der Waals surface area (Å²) in [7, 11) is 0. The molecule has 2 heterocycles. The van der Waals surface area contributed by atoms with Crippen LogP contribution in [0.3, 0.4) is 0 Å². The lowest BCUT2D eigenvalue weighted by atomic mass is 9.95. The summed E-state index contributed by atoms with van der Waals surface area (Å²) >= 11 is 0. The fourth-order valence-corrected chi connectivity index (χ4v) is 2.16. The maximum Gasteiger partial charge on any atom is 0.350 e. The highest BCUT2D eigenvalue weighted by Crippen LogP contribution is 2.13. The summed E-state index contributed by atoms with van der Waals surface area (Å²) in [5.74, 6) is -0.293. The van der Waals surface area contributed by atoms with Crippen molar-refractivity contribution in [2.45, 2.75) is 38.8 Å². The molecule has 21 heavy (non-hydrogen) atoms. The maximum atomic E-state index is 12.1. The molecule has 0 fully saturated rings. The number of aliphatic hydroxyl groups excluding tert-OH is 1. The van der Waals surface area contributed by atoms with Crippen LogP contribution in [0, 0.1) is 0 Å². The smallest absolute Gasteiger partial charge is 0.350 e. The Bertz CT molecular complexity index is 691. The third kappa shape index (κ3) is 3.30. The quantitative estimate of drug-likeness (QED) is 0.794. The number of hydrogen-bond donors (Lipinski definition) is 2. The second-order valence-electron chi connectivity index (χ2n) is 5.31. The summed E-state index contributed by atoms with van der Waals surface area (Å²) in [6, 6.07) is 5.22. The molecule has 1 unspecified atom stereocenters. The molecule has 7 heteroatoms. The Morgan fingerprint density at radius 3 is 2.86 bits per heavy atom. The molecule has 2 aromatic heterocycles. The fourth-order valence-electron chi connectivity index (χ4n) is 2.16. The van der Waals surface area contributed by atoms with Gasteiger partial charge in [-0.05, 0) is 31.9 Å². The van der Waals surface area contributed by atoms with E-state index in [0.717, 1.165) is 4.68 Å². The van der Waals surface area contributed by atoms with Crippen LogP contribution in [-0.4, -0.2) is 37.3 Å². The number of aromatic nitrogens is 3. The molecular formula is C14H20N4O3. The minimum absolute atomic E-state index is 0.00106. The number of nitrogens with one attached hydrogen (secondary N) is 1. The average molecular weight is 292 g/mol. The van der Waals surface area contributed by atoms with Gasteiger partial charge in [0.25, 0.3) is 0 Å². The molecule has 0 bridgehead atoms. The molecule has 0 aromatic carbocycles. The predicted molar refractivity (Wildman–Crippen MR) is 78.0 cm³/mol. The number of amides is 1. The van der Waals surface area contributed by atoms with E-state index in [1.165, 1.54) is 4.40 Å². The zero-order chi connectivity index (χ0) is 15.5. The molecule has 0 radical (unpaired) electrons. The monoisotopic (exact) mass is 292 g/mol. The Kier molecular flexibility index (Phi) is 4.42. The van der Waals surface area contributed by atoms with Crippen LogP contribution in [0.1, 0.15) is 26.7 Å². The van der Waals surface area contributed by atoms with Crippen molar-refractivity contribution in [1.29, 1.82) is 0 Å². The van der Waals surface area contributed by atoms with E-state index < -0.39 is 5.54 Å². The van der Waals surface area contributed by atoms with Gasteiger partial charge in [-0.15, -0.1) is 5.10 Å². The first-order valence-electron chi connectivity index (χ1n) is 6.95. The van der Waals surface area contributed by atoms with Crippen molar-refractivity contribution in [3.63, 3.8) is 0 Å². The predicted octanol–water partition coefficient (Wildman–Crippen LogP) is 0.163. The topological polar surface area (TPSA) is 88.6 Å². The molecular weight excluding hydrogens is 272 g/mol. The van der Waals surface area contributed by atoms with Crippen LogP contribution in [0.4, 0.5) is 0 Å². The molecule has 7 nitrogen and oxygen atoms in total. The normalized spacial score (nSPS) is 14.0. The Hall–Kier alpha value is -2.15. The van der Waals surface area contributed by atoms with Gasteiger partial charge in [-0.1, -0.05) is 13.0 Å². The van der Waals surface area contributed by atoms with Crippen LogP contribution >= 0.6 is 0 Å². The van der Waals surface area contributed by atoms with E-state index in [1.807, 2.05) is 13.8 Å². The van der Waals surface area contributed by atoms with Crippen LogP contribution in [0.25, 0.3) is 5.65 Å². The van der Waals surface area contributed by atoms with Gasteiger partial charge in [0.2, 0.25) is 5.91 Å². The fraction of sp³-hybridized carbons (Fsp3) is 0.500. The van der Waals surface area contributed by atoms with E-state index in [0.29, 0.717) is 18.5 Å². The number of carbonyl (C=O) groups is 1. The van der Waals surface area contributed by atoms with E-state index in [1.54, 1.807) is 24.4 Å². The molecule has 1 atom stereocenters. The molecule has 2 aromatic rings. The Morgan fingerprint density at radius 2 is 2.24 bits per heavy atom. The SMILES string of the molecule is CCC(C)(CCO)NC(=O)Cn1nc2ccccn2c1=O. The number of aliphatic hydroxyl groups is 1. The van der Waals surface area contributed by atoms with Gasteiger partial charge < -0.3 is 10.4 Å². The van der Waals surface area contributed by atoms with E-state index in [-0.39, 0.29) is 24.7 Å². The molecule has 0 spiro atoms. The molecule has 0 saturated carbocycles. The third-order valence-electron chi connectivity index (χ3n) is 3.67. The molecule has 0 aliphatic rings. The van der Waals surface area contributed by atoms with E-state index in [2.05, 4.69) is 10.4 Å². The minimum atomic E-state index is -0.478. The largest absolute Gasteiger partial charge is 0.396 e. The number of fused-ring (bicyclic) bond motifs is 1. The molecule has 0 saturated heterocycles. The maximum absolute atomic E-state index is 12.1. The van der Waals surface area contributed by atoms with E-state index >= 15 is 0 Å². The van der Waals surface area contributed by atoms with Gasteiger partial charge in [0.1, 0.15) is 6.54 Å². The molecule has 2 rings (SSSR count). The van der Waals surface area contributed by atoms with Gasteiger partial charge in [0.05, 0.1) is 0 Å². The summed E-state index contributed by atoms with van der Waals surface area (Å²) in [4.78, 5) is 24.2. The van der Waals surface area contributed by atoms with Crippen LogP contribution in [-0.2, 0) is 11.3 Å². The Morgan fingerprint density at radius 1 is 1.48 bits per heavy atom. The highest BCUT2D eigenvalue weighted by molar-refractivity contribution is 5.76. The second-order valence-corrected chi connectivity index (χ2v) is 5.31. The lowest BCUT2D eigenvalue weighted by Gasteiger charge is -2.28. The summed E-state index contributed by atoms with van der Waals surface area (Å²) in [5.41, 5.74) is -0.320. The van der Waals surface area contributed by atoms with Crippen LogP contribution in [0.15, 0.2) is 29.2 Å². The average Bonchev–Trinajstić information content (AvgIpc) is 2.76. The minimum Gasteiger partial charge on any atom is -0.396 e. The van der Waals surface area contributed by atoms with Gasteiger partial charge in [0.15, 0.2) is 5.65 Å². The van der Waals surface area contributed by atoms with Crippen molar-refractivity contribution >= 4 is 11.6 Å². The lowest BCUT2D eigenvalue weighted by molar-refractivity contribution is -0.123. The van der Waals surface area contributed by atoms with Crippen molar-refractivity contribution in [2.75, 3.05) is 6.61 Å². The summed E-state index contributed by atoms with van der Waals surface area (Å²) in [6.07, 6.45) is 2.77. The molecule has 0 aliphatic carbocycles. The zero-order valence-corrected chi connectivity index (χ0v) is 12.2. The molecule has 1 amide bonds. The summed E-state index contributed by atoms with van der Waals surface area (Å²) in [5, 5.41) is 16.0. The van der Waals surface area contributed by atoms with Crippen molar-refractivity contribution in [1.82, 2.24) is 19.5 Å². The highest BCUT2D eigenvalue weighted by Gasteiger charge is 2.24. The number of rotatable bonds is 6. The Balaban J connectivity index is 2.15. The van der Waals surface area contributed by atoms with Crippen molar-refractivity contribution in [3.05, 3.63) is 34.9 Å². The first kappa shape index (κ1) is 15.2. The standard InChI is InChI=1S/C14H20N4O3/c1-3-14(2,7-9-19)15-12(20)10-18-13(21)17-8-5-4-6-11(17)16-18/h4-6,8,19H,3,7,9-10H2,1-2H3,(H,15,20). The lowest BCUT2D eigenvalue weighted by Crippen LogP contribution is -2.48. The van der Waals surface area contributed by atoms with Gasteiger partial charge in [-0.2, -0.15) is 0 Å². The van der Waals surface area contributed by atoms with Crippen LogP contribution in [0.2, 0.25) is 0 Å². The van der Waals surface area contributed by atoms with Crippen molar-refractivity contribution < 1.29 is 9.90 Å². The van der Waals surface area contributed by atoms with Gasteiger partial charge >= 0.3 is 5.69 Å². The van der Waals surface area contributed by atoms with Gasteiger partial charge in [0, 0.05) is 18.3 Å². The van der Waals surface area contributed by atoms with E-state index in [4.69, 9.17) is 5.11 Å². The number of pyridine rings is 1. The second kappa shape index (κ2) is 6.09. The summed E-state index contributed by atoms with van der Waals surface area (Å²) in [6.45, 7) is 3.67. The molecule has 114 valence electrons. The van der Waals surface area contributed by atoms with Crippen molar-refractivity contribution in [2.24, 2.45) is 0 Å². The number of hydrogen-bond acceptors (Lipinski definition) is 4. The molecule has 2 N–H and O–H groups in total. The number of carbonyl (C=O) groups excluding carboxylic acids is 1. The van der Waals surface area contributed by atoms with Crippen molar-refractivity contribution in [3.8, 4) is 0 Å². The first-order valence-corrected chi connectivity index (χ1v) is 6.95. The zero-order valence-electron chi connectivity index (χ0n) is 12.2. The van der Waals surface area contributed by atoms with Crippen LogP contribution in [0.5, 0.6) is 0 Å². The number of nitrogens with zero attached hydrogens (tertiary/aromatic N) is 3. The van der Waals surface area contributed by atoms with Gasteiger partial charge in [-0.25, -0.2) is 9.48 Å². The first-order chi connectivity index (χ1) is 9.99. The third-order valence-corrected chi connectivity index (χ3v) is 3.67. The molecule has 0 aliphatic heterocycles. The van der Waals surface area contributed by atoms with Crippen LogP contribution < -0.4 is 11.0 Å². The Labute approximate surface area is 122 Å². The highest BCUT2D eigenvalue weighted by atomic mass is 16.3. The van der Waals surface area contributed by atoms with E-state index in [9.17, 15) is 9.59 Å². The summed E-state index contributed by atoms with van der Waals surface area (Å²) < 4.78 is 2.53. The van der Waals surface area contributed by atoms with Gasteiger partial charge in [-0.3, -0.25) is 9.20 Å².